The molecule has 1 saturated carbocycles. The first-order valence-electron chi connectivity index (χ1n) is 7.90. The number of amides is 2. The van der Waals surface area contributed by atoms with E-state index in [0.29, 0.717) is 6.54 Å². The van der Waals surface area contributed by atoms with Crippen LogP contribution in [-0.2, 0) is 4.79 Å². The molecule has 0 aliphatic heterocycles. The summed E-state index contributed by atoms with van der Waals surface area (Å²) in [6.45, 7) is 7.03. The van der Waals surface area contributed by atoms with E-state index in [2.05, 4.69) is 26.1 Å². The van der Waals surface area contributed by atoms with Gasteiger partial charge in [-0.2, -0.15) is 0 Å². The van der Waals surface area contributed by atoms with Crippen LogP contribution >= 0.6 is 0 Å². The summed E-state index contributed by atoms with van der Waals surface area (Å²) in [4.78, 5) is 25.2. The summed E-state index contributed by atoms with van der Waals surface area (Å²) in [5.74, 6) is -0.828. The van der Waals surface area contributed by atoms with Gasteiger partial charge in [-0.25, -0.2) is 4.79 Å². The quantitative estimate of drug-likeness (QED) is 0.818. The van der Waals surface area contributed by atoms with E-state index < -0.39 is 11.5 Å². The fourth-order valence-electron chi connectivity index (χ4n) is 3.00. The topological polar surface area (TPSA) is 69.6 Å². The van der Waals surface area contributed by atoms with Crippen molar-refractivity contribution in [2.24, 2.45) is 5.41 Å². The molecular formula is C16H30N2O3. The number of hydrogen-bond acceptors (Lipinski definition) is 2. The molecule has 0 bridgehead atoms. The molecule has 0 aromatic rings. The van der Waals surface area contributed by atoms with Crippen molar-refractivity contribution in [2.75, 3.05) is 13.6 Å². The van der Waals surface area contributed by atoms with Crippen molar-refractivity contribution in [2.45, 2.75) is 71.3 Å². The smallest absolute Gasteiger partial charge is 0.317 e. The minimum atomic E-state index is -0.828. The van der Waals surface area contributed by atoms with Crippen molar-refractivity contribution in [3.63, 3.8) is 0 Å². The second-order valence-corrected chi connectivity index (χ2v) is 7.46. The van der Waals surface area contributed by atoms with Crippen molar-refractivity contribution in [1.29, 1.82) is 0 Å². The lowest BCUT2D eigenvalue weighted by Gasteiger charge is -2.43. The Morgan fingerprint density at radius 3 is 2.24 bits per heavy atom. The van der Waals surface area contributed by atoms with E-state index in [1.54, 1.807) is 11.9 Å². The number of carboxylic acid groups (broad SMARTS) is 1. The number of aliphatic carboxylic acids is 1. The number of carboxylic acids is 1. The Morgan fingerprint density at radius 1 is 1.19 bits per heavy atom. The number of nitrogens with one attached hydrogen (secondary N) is 1. The van der Waals surface area contributed by atoms with Crippen LogP contribution < -0.4 is 5.32 Å². The van der Waals surface area contributed by atoms with Crippen molar-refractivity contribution < 1.29 is 14.7 Å². The molecule has 0 radical (unpaired) electrons. The van der Waals surface area contributed by atoms with Crippen LogP contribution in [0.3, 0.4) is 0 Å². The molecule has 5 nitrogen and oxygen atoms in total. The van der Waals surface area contributed by atoms with Crippen molar-refractivity contribution >= 4 is 12.0 Å². The zero-order chi connectivity index (χ0) is 16.1. The fraction of sp³-hybridized carbons (Fsp3) is 0.875. The van der Waals surface area contributed by atoms with E-state index in [-0.39, 0.29) is 17.9 Å². The average molecular weight is 298 g/mol. The van der Waals surface area contributed by atoms with Gasteiger partial charge in [-0.1, -0.05) is 40.0 Å². The molecule has 5 heteroatoms. The summed E-state index contributed by atoms with van der Waals surface area (Å²) >= 11 is 0. The largest absolute Gasteiger partial charge is 0.481 e. The van der Waals surface area contributed by atoms with Gasteiger partial charge in [-0.05, 0) is 24.7 Å². The second-order valence-electron chi connectivity index (χ2n) is 7.46. The molecule has 0 aromatic heterocycles. The Kier molecular flexibility index (Phi) is 6.05. The van der Waals surface area contributed by atoms with E-state index in [0.717, 1.165) is 38.5 Å². The van der Waals surface area contributed by atoms with Gasteiger partial charge < -0.3 is 15.3 Å². The third-order valence-corrected chi connectivity index (χ3v) is 4.43. The normalized spacial score (nSPS) is 18.1. The molecule has 21 heavy (non-hydrogen) atoms. The van der Waals surface area contributed by atoms with Crippen LogP contribution in [-0.4, -0.2) is 41.1 Å². The standard InChI is InChI=1S/C16H30N2O3/c1-15(2,3)10-11-17-14(21)18(4)16(12-13(19)20)8-6-5-7-9-16/h5-12H2,1-4H3,(H,17,21)(H,19,20). The van der Waals surface area contributed by atoms with Crippen LogP contribution in [0, 0.1) is 5.41 Å². The molecule has 0 spiro atoms. The van der Waals surface area contributed by atoms with E-state index in [1.165, 1.54) is 0 Å². The lowest BCUT2D eigenvalue weighted by Crippen LogP contribution is -2.55. The van der Waals surface area contributed by atoms with Gasteiger partial charge in [-0.3, -0.25) is 4.79 Å². The highest BCUT2D eigenvalue weighted by atomic mass is 16.4. The number of rotatable bonds is 5. The van der Waals surface area contributed by atoms with Gasteiger partial charge in [0.05, 0.1) is 12.0 Å². The van der Waals surface area contributed by atoms with Gasteiger partial charge >= 0.3 is 12.0 Å². The molecule has 0 aromatic carbocycles. The first-order valence-corrected chi connectivity index (χ1v) is 7.90. The van der Waals surface area contributed by atoms with E-state index in [1.807, 2.05) is 0 Å². The summed E-state index contributed by atoms with van der Waals surface area (Å²) in [6.07, 6.45) is 5.61. The number of carbonyl (C=O) groups is 2. The molecule has 0 atom stereocenters. The summed E-state index contributed by atoms with van der Waals surface area (Å²) < 4.78 is 0. The maximum Gasteiger partial charge on any atom is 0.317 e. The van der Waals surface area contributed by atoms with E-state index >= 15 is 0 Å². The number of hydrogen-bond donors (Lipinski definition) is 2. The van der Waals surface area contributed by atoms with Crippen LogP contribution in [0.4, 0.5) is 4.79 Å². The molecule has 1 rings (SSSR count). The van der Waals surface area contributed by atoms with Gasteiger partial charge in [0.25, 0.3) is 0 Å². The molecule has 0 unspecified atom stereocenters. The molecule has 2 N–H and O–H groups in total. The van der Waals surface area contributed by atoms with Crippen LogP contribution in [0.1, 0.15) is 65.7 Å². The molecule has 2 amide bonds. The van der Waals surface area contributed by atoms with Gasteiger partial charge in [0.15, 0.2) is 0 Å². The molecule has 0 saturated heterocycles. The monoisotopic (exact) mass is 298 g/mol. The van der Waals surface area contributed by atoms with Crippen LogP contribution in [0.2, 0.25) is 0 Å². The first-order chi connectivity index (χ1) is 9.66. The number of carbonyl (C=O) groups excluding carboxylic acids is 1. The molecule has 1 fully saturated rings. The highest BCUT2D eigenvalue weighted by Gasteiger charge is 2.40. The Morgan fingerprint density at radius 2 is 1.76 bits per heavy atom. The van der Waals surface area contributed by atoms with Gasteiger partial charge in [0.1, 0.15) is 0 Å². The van der Waals surface area contributed by atoms with Gasteiger partial charge in [0.2, 0.25) is 0 Å². The van der Waals surface area contributed by atoms with Crippen molar-refractivity contribution in [3.05, 3.63) is 0 Å². The summed E-state index contributed by atoms with van der Waals surface area (Å²) in [6, 6.07) is -0.151. The molecule has 122 valence electrons. The summed E-state index contributed by atoms with van der Waals surface area (Å²) in [5.41, 5.74) is -0.342. The van der Waals surface area contributed by atoms with E-state index in [4.69, 9.17) is 0 Å². The Balaban J connectivity index is 2.64. The zero-order valence-electron chi connectivity index (χ0n) is 13.9. The number of urea groups is 1. The third kappa shape index (κ3) is 5.56. The maximum absolute atomic E-state index is 12.3. The maximum atomic E-state index is 12.3. The number of nitrogens with zero attached hydrogens (tertiary/aromatic N) is 1. The van der Waals surface area contributed by atoms with E-state index in [9.17, 15) is 14.7 Å². The third-order valence-electron chi connectivity index (χ3n) is 4.43. The predicted octanol–water partition coefficient (Wildman–Crippen LogP) is 3.24. The molecule has 1 aliphatic carbocycles. The first kappa shape index (κ1) is 17.8. The predicted molar refractivity (Wildman–Crippen MR) is 83.3 cm³/mol. The zero-order valence-corrected chi connectivity index (χ0v) is 13.9. The lowest BCUT2D eigenvalue weighted by atomic mass is 9.78. The molecule has 0 heterocycles. The van der Waals surface area contributed by atoms with Crippen LogP contribution in [0.15, 0.2) is 0 Å². The Hall–Kier alpha value is -1.26. The lowest BCUT2D eigenvalue weighted by molar-refractivity contribution is -0.140. The second kappa shape index (κ2) is 7.14. The Bertz CT molecular complexity index is 368. The van der Waals surface area contributed by atoms with Crippen molar-refractivity contribution in [3.8, 4) is 0 Å². The minimum Gasteiger partial charge on any atom is -0.481 e. The average Bonchev–Trinajstić information content (AvgIpc) is 2.36. The summed E-state index contributed by atoms with van der Waals surface area (Å²) in [7, 11) is 1.74. The fourth-order valence-corrected chi connectivity index (χ4v) is 3.00. The molecule has 1 aliphatic rings. The van der Waals surface area contributed by atoms with Gasteiger partial charge in [0, 0.05) is 13.6 Å². The summed E-state index contributed by atoms with van der Waals surface area (Å²) in [5, 5.41) is 12.1. The van der Waals surface area contributed by atoms with Gasteiger partial charge in [-0.15, -0.1) is 0 Å². The SMILES string of the molecule is CN(C(=O)NCCC(C)(C)C)C1(CC(=O)O)CCCCC1. The van der Waals surface area contributed by atoms with Crippen molar-refractivity contribution in [1.82, 2.24) is 10.2 Å². The van der Waals surface area contributed by atoms with Crippen LogP contribution in [0.5, 0.6) is 0 Å². The Labute approximate surface area is 128 Å². The minimum absolute atomic E-state index is 0.0379. The highest BCUT2D eigenvalue weighted by molar-refractivity contribution is 5.76. The molecular weight excluding hydrogens is 268 g/mol. The highest BCUT2D eigenvalue weighted by Crippen LogP contribution is 2.35. The van der Waals surface area contributed by atoms with Crippen LogP contribution in [0.25, 0.3) is 0 Å².